The van der Waals surface area contributed by atoms with Gasteiger partial charge in [-0.2, -0.15) is 0 Å². The van der Waals surface area contributed by atoms with E-state index in [4.69, 9.17) is 10.2 Å². The third kappa shape index (κ3) is 29.6. The molecule has 0 saturated heterocycles. The van der Waals surface area contributed by atoms with E-state index in [0.29, 0.717) is 12.3 Å². The monoisotopic (exact) mass is 254 g/mol. The molecule has 0 unspecified atom stereocenters. The third-order valence-electron chi connectivity index (χ3n) is 1.42. The molecule has 0 aliphatic carbocycles. The predicted molar refractivity (Wildman–Crippen MR) is 53.7 cm³/mol. The molecule has 0 aliphatic heterocycles. The number of carboxylic acid groups (broad SMARTS) is 1. The van der Waals surface area contributed by atoms with Crippen molar-refractivity contribution in [2.24, 2.45) is 5.92 Å². The summed E-state index contributed by atoms with van der Waals surface area (Å²) in [5.74, 6) is 0.0255. The van der Waals surface area contributed by atoms with Crippen LogP contribution in [0.15, 0.2) is 0 Å². The van der Waals surface area contributed by atoms with Gasteiger partial charge in [0.15, 0.2) is 0 Å². The van der Waals surface area contributed by atoms with Crippen LogP contribution in [0.25, 0.3) is 0 Å². The summed E-state index contributed by atoms with van der Waals surface area (Å²) in [6.45, 7) is 6.24. The van der Waals surface area contributed by atoms with Crippen molar-refractivity contribution in [1.29, 1.82) is 0 Å². The van der Waals surface area contributed by atoms with Gasteiger partial charge < -0.3 is 10.2 Å². The van der Waals surface area contributed by atoms with Crippen molar-refractivity contribution in [3.8, 4) is 0 Å². The van der Waals surface area contributed by atoms with Gasteiger partial charge in [0.2, 0.25) is 0 Å². The van der Waals surface area contributed by atoms with Crippen LogP contribution in [0.5, 0.6) is 0 Å². The molecule has 2 N–H and O–H groups in total. The van der Waals surface area contributed by atoms with Crippen LogP contribution in [-0.2, 0) is 24.3 Å². The fourth-order valence-electron chi connectivity index (χ4n) is 0.829. The molecule has 0 amide bonds. The van der Waals surface area contributed by atoms with E-state index in [9.17, 15) is 4.79 Å². The zero-order valence-corrected chi connectivity index (χ0v) is 12.6. The number of carbonyl (C=O) groups is 1. The maximum atomic E-state index is 10.0. The first-order chi connectivity index (χ1) is 6.04. The van der Waals surface area contributed by atoms with Crippen molar-refractivity contribution in [1.82, 2.24) is 0 Å². The van der Waals surface area contributed by atoms with Gasteiger partial charge in [-0.25, -0.2) is 0 Å². The van der Waals surface area contributed by atoms with Gasteiger partial charge in [0, 0.05) is 32.5 Å². The van der Waals surface area contributed by atoms with E-state index in [1.54, 1.807) is 6.92 Å². The minimum absolute atomic E-state index is 0. The fourth-order valence-corrected chi connectivity index (χ4v) is 0.829. The van der Waals surface area contributed by atoms with Crippen LogP contribution in [-0.4, -0.2) is 22.8 Å². The normalized spacial score (nSPS) is 8.64. The number of aliphatic hydroxyl groups is 1. The van der Waals surface area contributed by atoms with Crippen molar-refractivity contribution in [3.63, 3.8) is 0 Å². The molecule has 0 aromatic carbocycles. The molecule has 0 aliphatic rings. The smallest absolute Gasteiger partial charge is 0.303 e. The topological polar surface area (TPSA) is 57.5 Å². The first kappa shape index (κ1) is 19.6. The quantitative estimate of drug-likeness (QED) is 0.585. The van der Waals surface area contributed by atoms with E-state index in [0.717, 1.165) is 19.3 Å². The fraction of sp³-hybridized carbons (Fsp3) is 0.900. The first-order valence-corrected chi connectivity index (χ1v) is 4.87. The van der Waals surface area contributed by atoms with Crippen molar-refractivity contribution in [2.75, 3.05) is 6.61 Å². The first-order valence-electron chi connectivity index (χ1n) is 4.87. The Bertz CT molecular complexity index is 116. The maximum absolute atomic E-state index is 10.0. The largest absolute Gasteiger partial charge is 0.481 e. The van der Waals surface area contributed by atoms with Crippen LogP contribution in [0.4, 0.5) is 0 Å². The number of aliphatic carboxylic acids is 1. The van der Waals surface area contributed by atoms with Crippen molar-refractivity contribution in [2.45, 2.75) is 46.5 Å². The molecule has 0 spiro atoms. The van der Waals surface area contributed by atoms with Crippen molar-refractivity contribution >= 4 is 5.97 Å². The van der Waals surface area contributed by atoms with Gasteiger partial charge in [-0.05, 0) is 19.3 Å². The number of carboxylic acids is 1. The minimum Gasteiger partial charge on any atom is -0.481 e. The zero-order chi connectivity index (χ0) is 10.7. The Labute approximate surface area is 99.7 Å². The molecule has 14 heavy (non-hydrogen) atoms. The van der Waals surface area contributed by atoms with Gasteiger partial charge in [-0.3, -0.25) is 4.79 Å². The average Bonchev–Trinajstić information content (AvgIpc) is 1.99. The van der Waals surface area contributed by atoms with Gasteiger partial charge in [-0.1, -0.05) is 26.7 Å². The predicted octanol–water partition coefficient (Wildman–Crippen LogP) is 2.28. The second-order valence-corrected chi connectivity index (χ2v) is 3.35. The number of hydrogen-bond donors (Lipinski definition) is 2. The Balaban J connectivity index is -0.000000267. The molecule has 3 nitrogen and oxygen atoms in total. The second kappa shape index (κ2) is 15.5. The minimum atomic E-state index is -0.677. The molecule has 0 bridgehead atoms. The van der Waals surface area contributed by atoms with E-state index < -0.39 is 5.97 Å². The number of aliphatic hydroxyl groups excluding tert-OH is 1. The Hall–Kier alpha value is 0.0534. The summed E-state index contributed by atoms with van der Waals surface area (Å²) in [4.78, 5) is 10.0. The molecule has 0 saturated carbocycles. The van der Waals surface area contributed by atoms with E-state index in [-0.39, 0.29) is 26.1 Å². The van der Waals surface area contributed by atoms with Gasteiger partial charge >= 0.3 is 5.97 Å². The molecule has 0 atom stereocenters. The molecular formula is C10H22O3Zn. The molecular weight excluding hydrogens is 233 g/mol. The number of unbranched alkanes of at least 4 members (excludes halogenated alkanes) is 1. The van der Waals surface area contributed by atoms with E-state index in [1.807, 2.05) is 0 Å². The van der Waals surface area contributed by atoms with Crippen LogP contribution in [0, 0.1) is 5.92 Å². The molecule has 4 heteroatoms. The Morgan fingerprint density at radius 2 is 1.71 bits per heavy atom. The van der Waals surface area contributed by atoms with E-state index in [1.165, 1.54) is 0 Å². The summed E-state index contributed by atoms with van der Waals surface area (Å²) in [5, 5.41) is 15.8. The molecule has 0 heterocycles. The second-order valence-electron chi connectivity index (χ2n) is 3.35. The van der Waals surface area contributed by atoms with Crippen LogP contribution in [0.3, 0.4) is 0 Å². The van der Waals surface area contributed by atoms with E-state index >= 15 is 0 Å². The van der Waals surface area contributed by atoms with Crippen LogP contribution in [0.1, 0.15) is 46.5 Å². The Morgan fingerprint density at radius 3 is 2.00 bits per heavy atom. The van der Waals surface area contributed by atoms with Gasteiger partial charge in [0.1, 0.15) is 0 Å². The van der Waals surface area contributed by atoms with Crippen LogP contribution in [0.2, 0.25) is 0 Å². The van der Waals surface area contributed by atoms with Crippen LogP contribution >= 0.6 is 0 Å². The van der Waals surface area contributed by atoms with Crippen LogP contribution < -0.4 is 0 Å². The van der Waals surface area contributed by atoms with Crippen molar-refractivity contribution in [3.05, 3.63) is 0 Å². The van der Waals surface area contributed by atoms with Crippen molar-refractivity contribution < 1.29 is 34.5 Å². The summed E-state index contributed by atoms with van der Waals surface area (Å²) in [5.41, 5.74) is 0. The summed E-state index contributed by atoms with van der Waals surface area (Å²) in [6.07, 6.45) is 3.34. The molecule has 0 radical (unpaired) electrons. The summed E-state index contributed by atoms with van der Waals surface area (Å²) in [6, 6.07) is 0. The summed E-state index contributed by atoms with van der Waals surface area (Å²) >= 11 is 0. The van der Waals surface area contributed by atoms with E-state index in [2.05, 4.69) is 13.8 Å². The number of rotatable bonds is 5. The third-order valence-corrected chi connectivity index (χ3v) is 1.42. The number of hydrogen-bond acceptors (Lipinski definition) is 2. The van der Waals surface area contributed by atoms with Gasteiger partial charge in [0.05, 0.1) is 0 Å². The maximum Gasteiger partial charge on any atom is 0.303 e. The molecule has 82 valence electrons. The summed E-state index contributed by atoms with van der Waals surface area (Å²) in [7, 11) is 0. The molecule has 0 aromatic heterocycles. The molecule has 0 fully saturated rings. The SMILES string of the molecule is CC(C)CCCCC(=O)O.CCO.[Zn]. The average molecular weight is 256 g/mol. The molecule has 0 aromatic rings. The summed E-state index contributed by atoms with van der Waals surface area (Å²) < 4.78 is 0. The zero-order valence-electron chi connectivity index (χ0n) is 9.62. The van der Waals surface area contributed by atoms with Gasteiger partial charge in [0.25, 0.3) is 0 Å². The van der Waals surface area contributed by atoms with Gasteiger partial charge in [-0.15, -0.1) is 0 Å². The Kier molecular flexibility index (Phi) is 21.7. The molecule has 0 rings (SSSR count). The Morgan fingerprint density at radius 1 is 1.29 bits per heavy atom. The standard InChI is InChI=1S/C8H16O2.C2H6O.Zn/c1-7(2)5-3-4-6-8(9)10;1-2-3;/h7H,3-6H2,1-2H3,(H,9,10);3H,2H2,1H3;.